The van der Waals surface area contributed by atoms with Gasteiger partial charge >= 0.3 is 0 Å². The van der Waals surface area contributed by atoms with Crippen molar-refractivity contribution < 1.29 is 17.6 Å². The molecule has 1 amide bonds. The Morgan fingerprint density at radius 2 is 1.77 bits per heavy atom. The van der Waals surface area contributed by atoms with Gasteiger partial charge in [0, 0.05) is 52.0 Å². The van der Waals surface area contributed by atoms with Crippen molar-refractivity contribution in [2.45, 2.75) is 19.2 Å². The van der Waals surface area contributed by atoms with Crippen LogP contribution in [-0.4, -0.2) is 45.7 Å². The van der Waals surface area contributed by atoms with Crippen LogP contribution in [-0.2, 0) is 14.6 Å². The Bertz CT molecular complexity index is 2140. The summed E-state index contributed by atoms with van der Waals surface area (Å²) in [6, 6.07) is 15.4. The van der Waals surface area contributed by atoms with E-state index in [1.807, 2.05) is 50.2 Å². The van der Waals surface area contributed by atoms with Gasteiger partial charge in [0.1, 0.15) is 11.2 Å². The third kappa shape index (κ3) is 5.49. The number of benzene rings is 2. The Labute approximate surface area is 246 Å². The molecular formula is C31H28FN7O3S. The number of aromatic nitrogens is 5. The smallest absolute Gasteiger partial charge is 0.226 e. The SMILES string of the molecule is CC(C)C(=O)Nc1cncc(-c2cnc3n[nH]c(-c4cc5c(-c6cc(F)cc(C(N)S(C)(=O)=O)c6)cccc5[nH]4)c3c2)c1. The molecule has 6 aromatic rings. The number of amides is 1. The first-order valence-corrected chi connectivity index (χ1v) is 15.4. The number of hydrogen-bond donors (Lipinski definition) is 4. The summed E-state index contributed by atoms with van der Waals surface area (Å²) in [5, 5.41) is 10.5. The van der Waals surface area contributed by atoms with Crippen molar-refractivity contribution in [1.29, 1.82) is 0 Å². The number of aromatic amines is 2. The molecule has 4 aromatic heterocycles. The van der Waals surface area contributed by atoms with Crippen LogP contribution in [0, 0.1) is 11.7 Å². The molecule has 4 heterocycles. The van der Waals surface area contributed by atoms with Gasteiger partial charge in [-0.3, -0.25) is 14.9 Å². The van der Waals surface area contributed by atoms with Crippen LogP contribution >= 0.6 is 0 Å². The highest BCUT2D eigenvalue weighted by atomic mass is 32.2. The molecule has 0 fully saturated rings. The maximum Gasteiger partial charge on any atom is 0.226 e. The van der Waals surface area contributed by atoms with Crippen LogP contribution in [0.5, 0.6) is 0 Å². The normalized spacial score (nSPS) is 12.7. The van der Waals surface area contributed by atoms with Crippen molar-refractivity contribution in [1.82, 2.24) is 25.1 Å². The average Bonchev–Trinajstić information content (AvgIpc) is 3.59. The van der Waals surface area contributed by atoms with Crippen molar-refractivity contribution in [2.75, 3.05) is 11.6 Å². The first-order chi connectivity index (χ1) is 20.5. The van der Waals surface area contributed by atoms with E-state index in [1.165, 1.54) is 6.07 Å². The lowest BCUT2D eigenvalue weighted by Crippen LogP contribution is -2.20. The highest BCUT2D eigenvalue weighted by Gasteiger charge is 2.21. The summed E-state index contributed by atoms with van der Waals surface area (Å²) in [5.41, 5.74) is 12.2. The number of halogens is 1. The van der Waals surface area contributed by atoms with Crippen molar-refractivity contribution in [3.8, 4) is 33.6 Å². The summed E-state index contributed by atoms with van der Waals surface area (Å²) in [7, 11) is -3.63. The van der Waals surface area contributed by atoms with E-state index in [1.54, 1.807) is 24.7 Å². The van der Waals surface area contributed by atoms with E-state index >= 15 is 0 Å². The molecule has 5 N–H and O–H groups in total. The summed E-state index contributed by atoms with van der Waals surface area (Å²) in [5.74, 6) is -0.851. The first-order valence-electron chi connectivity index (χ1n) is 13.5. The van der Waals surface area contributed by atoms with Crippen molar-refractivity contribution in [3.05, 3.63) is 84.6 Å². The summed E-state index contributed by atoms with van der Waals surface area (Å²) < 4.78 is 38.8. The fourth-order valence-electron chi connectivity index (χ4n) is 4.94. The maximum atomic E-state index is 14.7. The molecule has 0 spiro atoms. The minimum Gasteiger partial charge on any atom is -0.353 e. The fraction of sp³-hybridized carbons (Fsp3) is 0.161. The van der Waals surface area contributed by atoms with Crippen LogP contribution in [0.4, 0.5) is 10.1 Å². The number of nitrogens with zero attached hydrogens (tertiary/aromatic N) is 3. The third-order valence-corrected chi connectivity index (χ3v) is 8.42. The van der Waals surface area contributed by atoms with Crippen LogP contribution in [0.15, 0.2) is 73.2 Å². The van der Waals surface area contributed by atoms with Crippen LogP contribution in [0.25, 0.3) is 55.6 Å². The molecule has 1 atom stereocenters. The molecule has 218 valence electrons. The highest BCUT2D eigenvalue weighted by Crippen LogP contribution is 2.36. The number of nitrogens with two attached hydrogens (primary N) is 1. The van der Waals surface area contributed by atoms with Gasteiger partial charge in [-0.25, -0.2) is 17.8 Å². The van der Waals surface area contributed by atoms with E-state index in [0.29, 0.717) is 28.2 Å². The van der Waals surface area contributed by atoms with Gasteiger partial charge in [-0.2, -0.15) is 5.10 Å². The number of nitrogens with one attached hydrogen (secondary N) is 3. The lowest BCUT2D eigenvalue weighted by Gasteiger charge is -2.12. The van der Waals surface area contributed by atoms with Crippen LogP contribution in [0.1, 0.15) is 24.8 Å². The topological polar surface area (TPSA) is 160 Å². The predicted octanol–water partition coefficient (Wildman–Crippen LogP) is 5.57. The van der Waals surface area contributed by atoms with Crippen molar-refractivity contribution in [2.24, 2.45) is 11.7 Å². The Morgan fingerprint density at radius 3 is 2.53 bits per heavy atom. The van der Waals surface area contributed by atoms with E-state index < -0.39 is 21.0 Å². The fourth-order valence-corrected chi connectivity index (χ4v) is 5.57. The van der Waals surface area contributed by atoms with Gasteiger partial charge in [0.15, 0.2) is 15.5 Å². The molecule has 0 bridgehead atoms. The molecule has 43 heavy (non-hydrogen) atoms. The number of carbonyl (C=O) groups excluding carboxylic acids is 1. The van der Waals surface area contributed by atoms with E-state index in [0.717, 1.165) is 45.4 Å². The molecule has 0 saturated carbocycles. The molecule has 0 aliphatic heterocycles. The van der Waals surface area contributed by atoms with E-state index in [4.69, 9.17) is 5.73 Å². The molecule has 1 unspecified atom stereocenters. The average molecular weight is 598 g/mol. The van der Waals surface area contributed by atoms with Gasteiger partial charge in [0.2, 0.25) is 5.91 Å². The summed E-state index contributed by atoms with van der Waals surface area (Å²) in [6.45, 7) is 3.64. The van der Waals surface area contributed by atoms with Gasteiger partial charge in [-0.1, -0.05) is 26.0 Å². The Morgan fingerprint density at radius 1 is 0.977 bits per heavy atom. The largest absolute Gasteiger partial charge is 0.353 e. The zero-order valence-electron chi connectivity index (χ0n) is 23.5. The molecule has 0 saturated heterocycles. The number of sulfone groups is 1. The number of rotatable bonds is 7. The van der Waals surface area contributed by atoms with Crippen LogP contribution in [0.3, 0.4) is 0 Å². The lowest BCUT2D eigenvalue weighted by atomic mass is 9.99. The van der Waals surface area contributed by atoms with Gasteiger partial charge in [0.25, 0.3) is 0 Å². The van der Waals surface area contributed by atoms with Gasteiger partial charge in [-0.15, -0.1) is 0 Å². The number of fused-ring (bicyclic) bond motifs is 2. The molecule has 0 aliphatic carbocycles. The number of pyridine rings is 2. The summed E-state index contributed by atoms with van der Waals surface area (Å²) in [4.78, 5) is 24.4. The summed E-state index contributed by atoms with van der Waals surface area (Å²) in [6.07, 6.45) is 6.02. The number of hydrogen-bond acceptors (Lipinski definition) is 7. The molecule has 10 nitrogen and oxygen atoms in total. The highest BCUT2D eigenvalue weighted by molar-refractivity contribution is 7.90. The van der Waals surface area contributed by atoms with Crippen LogP contribution < -0.4 is 11.1 Å². The standard InChI is InChI=1S/C31H28FN7O3S/c1-16(2)31(40)36-22-10-19(13-34-15-22)20-11-25-28(38-39-30(25)35-14-20)27-12-24-23(5-4-6-26(24)37-27)17-7-18(9-21(32)8-17)29(33)43(3,41)42/h4-16,29,37H,33H2,1-3H3,(H,36,40)(H,35,38,39). The second kappa shape index (κ2) is 10.7. The summed E-state index contributed by atoms with van der Waals surface area (Å²) >= 11 is 0. The second-order valence-corrected chi connectivity index (χ2v) is 12.9. The molecule has 6 rings (SSSR count). The minimum absolute atomic E-state index is 0.101. The zero-order valence-corrected chi connectivity index (χ0v) is 24.3. The van der Waals surface area contributed by atoms with E-state index in [-0.39, 0.29) is 17.4 Å². The zero-order chi connectivity index (χ0) is 30.5. The molecule has 2 aromatic carbocycles. The Hall–Kier alpha value is -4.94. The predicted molar refractivity (Wildman–Crippen MR) is 165 cm³/mol. The van der Waals surface area contributed by atoms with Gasteiger partial charge in [-0.05, 0) is 59.2 Å². The molecule has 12 heteroatoms. The Kier molecular flexibility index (Phi) is 7.03. The first kappa shape index (κ1) is 28.2. The minimum atomic E-state index is -3.63. The van der Waals surface area contributed by atoms with Gasteiger partial charge in [0.05, 0.1) is 23.3 Å². The Balaban J connectivity index is 1.41. The number of carbonyl (C=O) groups is 1. The quantitative estimate of drug-likeness (QED) is 0.187. The van der Waals surface area contributed by atoms with E-state index in [9.17, 15) is 17.6 Å². The molecule has 0 aliphatic rings. The third-order valence-electron chi connectivity index (χ3n) is 7.23. The number of anilines is 1. The monoisotopic (exact) mass is 597 g/mol. The van der Waals surface area contributed by atoms with Crippen molar-refractivity contribution in [3.63, 3.8) is 0 Å². The van der Waals surface area contributed by atoms with Crippen LogP contribution in [0.2, 0.25) is 0 Å². The van der Waals surface area contributed by atoms with Crippen molar-refractivity contribution >= 4 is 43.4 Å². The molecule has 0 radical (unpaired) electrons. The maximum absolute atomic E-state index is 14.7. The van der Waals surface area contributed by atoms with E-state index in [2.05, 4.69) is 30.5 Å². The lowest BCUT2D eigenvalue weighted by molar-refractivity contribution is -0.118. The molecular weight excluding hydrogens is 569 g/mol. The van der Waals surface area contributed by atoms with Gasteiger partial charge < -0.3 is 16.0 Å². The number of H-pyrrole nitrogens is 2. The second-order valence-electron chi connectivity index (χ2n) is 10.8.